The molecule has 3 rings (SSSR count). The highest BCUT2D eigenvalue weighted by Crippen LogP contribution is 2.43. The number of nitrogens with zero attached hydrogens (tertiary/aromatic N) is 3. The maximum absolute atomic E-state index is 15.4. The van der Waals surface area contributed by atoms with Crippen LogP contribution in [0.2, 0.25) is 0 Å². The van der Waals surface area contributed by atoms with Gasteiger partial charge in [-0.05, 0) is 54.4 Å². The van der Waals surface area contributed by atoms with E-state index in [2.05, 4.69) is 18.7 Å². The van der Waals surface area contributed by atoms with Crippen molar-refractivity contribution in [2.45, 2.75) is 72.5 Å². The van der Waals surface area contributed by atoms with Gasteiger partial charge in [0.05, 0.1) is 5.56 Å². The van der Waals surface area contributed by atoms with Gasteiger partial charge >= 0.3 is 6.18 Å². The van der Waals surface area contributed by atoms with Gasteiger partial charge in [-0.3, -0.25) is 0 Å². The summed E-state index contributed by atoms with van der Waals surface area (Å²) in [6, 6.07) is 11.5. The zero-order chi connectivity index (χ0) is 29.1. The van der Waals surface area contributed by atoms with E-state index >= 15 is 4.39 Å². The Hall–Kier alpha value is -2.93. The average molecular weight is 559 g/mol. The molecule has 1 aromatic heterocycles. The van der Waals surface area contributed by atoms with E-state index in [0.29, 0.717) is 29.6 Å². The Morgan fingerprint density at radius 2 is 1.45 bits per heavy atom. The van der Waals surface area contributed by atoms with Crippen LogP contribution in [0.1, 0.15) is 76.5 Å². The summed E-state index contributed by atoms with van der Waals surface area (Å²) in [5.41, 5.74) is 0.391. The van der Waals surface area contributed by atoms with Gasteiger partial charge in [0.2, 0.25) is 0 Å². The number of benzene rings is 2. The SMILES string of the molecule is CCCCN(CCCC)c1ccc2c(/C=C(\F)c3cc[n+](CCCN(CC)CC)cc3)cccc2c1C(F)(F)F. The van der Waals surface area contributed by atoms with Gasteiger partial charge in [-0.2, -0.15) is 13.2 Å². The van der Waals surface area contributed by atoms with E-state index < -0.39 is 17.6 Å². The number of halogens is 4. The van der Waals surface area contributed by atoms with Crippen LogP contribution in [0.3, 0.4) is 0 Å². The summed E-state index contributed by atoms with van der Waals surface area (Å²) in [5.74, 6) is -0.479. The Balaban J connectivity index is 1.93. The fraction of sp³-hybridized carbons (Fsp3) is 0.485. The molecule has 0 spiro atoms. The van der Waals surface area contributed by atoms with Crippen LogP contribution in [-0.2, 0) is 12.7 Å². The number of alkyl halides is 3. The molecule has 0 aliphatic rings. The number of aryl methyl sites for hydroxylation is 1. The van der Waals surface area contributed by atoms with Crippen molar-refractivity contribution in [3.63, 3.8) is 0 Å². The molecule has 0 amide bonds. The molecule has 0 radical (unpaired) electrons. The van der Waals surface area contributed by atoms with Crippen LogP contribution in [0, 0.1) is 0 Å². The Morgan fingerprint density at radius 3 is 2.02 bits per heavy atom. The molecule has 0 aliphatic carbocycles. The van der Waals surface area contributed by atoms with Crippen LogP contribution < -0.4 is 9.47 Å². The number of hydrogen-bond acceptors (Lipinski definition) is 2. The first kappa shape index (κ1) is 31.6. The lowest BCUT2D eigenvalue weighted by atomic mass is 9.96. The van der Waals surface area contributed by atoms with E-state index in [1.807, 2.05) is 35.7 Å². The van der Waals surface area contributed by atoms with E-state index in [1.54, 1.807) is 36.4 Å². The lowest BCUT2D eigenvalue weighted by Crippen LogP contribution is -2.35. The third kappa shape index (κ3) is 8.29. The summed E-state index contributed by atoms with van der Waals surface area (Å²) in [5, 5.41) is 0.491. The molecule has 0 bridgehead atoms. The predicted molar refractivity (Wildman–Crippen MR) is 159 cm³/mol. The van der Waals surface area contributed by atoms with Gasteiger partial charge in [0.25, 0.3) is 0 Å². The fourth-order valence-electron chi connectivity index (χ4n) is 5.11. The molecule has 1 heterocycles. The molecule has 0 unspecified atom stereocenters. The van der Waals surface area contributed by atoms with Crippen LogP contribution in [0.4, 0.5) is 23.2 Å². The normalized spacial score (nSPS) is 12.5. The summed E-state index contributed by atoms with van der Waals surface area (Å²) >= 11 is 0. The summed E-state index contributed by atoms with van der Waals surface area (Å²) in [6.07, 6.45) is 4.95. The Kier molecular flexibility index (Phi) is 12.0. The molecule has 0 aliphatic heterocycles. The van der Waals surface area contributed by atoms with Crippen molar-refractivity contribution in [1.82, 2.24) is 4.90 Å². The second-order valence-electron chi connectivity index (χ2n) is 10.3. The summed E-state index contributed by atoms with van der Waals surface area (Å²) < 4.78 is 61.0. The smallest absolute Gasteiger partial charge is 0.371 e. The van der Waals surface area contributed by atoms with Gasteiger partial charge in [0.15, 0.2) is 12.4 Å². The van der Waals surface area contributed by atoms with Gasteiger partial charge in [0, 0.05) is 49.4 Å². The highest BCUT2D eigenvalue weighted by molar-refractivity contribution is 5.98. The largest absolute Gasteiger partial charge is 0.418 e. The summed E-state index contributed by atoms with van der Waals surface area (Å²) in [4.78, 5) is 4.22. The van der Waals surface area contributed by atoms with E-state index in [0.717, 1.165) is 58.3 Å². The number of unbranched alkanes of at least 4 members (excludes halogenated alkanes) is 2. The van der Waals surface area contributed by atoms with Crippen LogP contribution in [0.5, 0.6) is 0 Å². The number of rotatable bonds is 15. The van der Waals surface area contributed by atoms with E-state index in [-0.39, 0.29) is 11.1 Å². The molecule has 218 valence electrons. The quantitative estimate of drug-likeness (QED) is 0.136. The van der Waals surface area contributed by atoms with Crippen molar-refractivity contribution in [3.8, 4) is 0 Å². The molecule has 40 heavy (non-hydrogen) atoms. The van der Waals surface area contributed by atoms with Crippen LogP contribution >= 0.6 is 0 Å². The van der Waals surface area contributed by atoms with Crippen molar-refractivity contribution >= 4 is 28.4 Å². The maximum Gasteiger partial charge on any atom is 0.418 e. The molecule has 0 atom stereocenters. The standard InChI is InChI=1S/C33H44F4N3/c1-5-9-21-40(22-10-6-2)31-16-15-28-27(13-11-14-29(28)32(31)33(35,36)37)25-30(34)26-17-23-39(24-18-26)20-12-19-38(7-3)8-4/h11,13-18,23-25H,5-10,12,19-22H2,1-4H3/q+1/b30-25-. The molecule has 0 saturated heterocycles. The molecular weight excluding hydrogens is 514 g/mol. The van der Waals surface area contributed by atoms with Gasteiger partial charge < -0.3 is 9.80 Å². The zero-order valence-corrected chi connectivity index (χ0v) is 24.4. The molecule has 0 saturated carbocycles. The molecule has 0 fully saturated rings. The van der Waals surface area contributed by atoms with Crippen molar-refractivity contribution < 1.29 is 22.1 Å². The van der Waals surface area contributed by atoms with E-state index in [9.17, 15) is 13.2 Å². The number of hydrogen-bond donors (Lipinski definition) is 0. The number of fused-ring (bicyclic) bond motifs is 1. The fourth-order valence-corrected chi connectivity index (χ4v) is 5.11. The summed E-state index contributed by atoms with van der Waals surface area (Å²) in [7, 11) is 0. The Bertz CT molecular complexity index is 1220. The van der Waals surface area contributed by atoms with Gasteiger partial charge in [-0.25, -0.2) is 8.96 Å². The summed E-state index contributed by atoms with van der Waals surface area (Å²) in [6.45, 7) is 13.4. The average Bonchev–Trinajstić information content (AvgIpc) is 2.94. The highest BCUT2D eigenvalue weighted by atomic mass is 19.4. The third-order valence-electron chi connectivity index (χ3n) is 7.49. The third-order valence-corrected chi connectivity index (χ3v) is 7.49. The van der Waals surface area contributed by atoms with Crippen molar-refractivity contribution in [2.24, 2.45) is 0 Å². The molecule has 2 aromatic carbocycles. The minimum Gasteiger partial charge on any atom is -0.371 e. The second kappa shape index (κ2) is 15.2. The lowest BCUT2D eigenvalue weighted by molar-refractivity contribution is -0.697. The van der Waals surface area contributed by atoms with Gasteiger partial charge in [-0.1, -0.05) is 64.8 Å². The van der Waals surface area contributed by atoms with Gasteiger partial charge in [0.1, 0.15) is 12.4 Å². The zero-order valence-electron chi connectivity index (χ0n) is 24.4. The highest BCUT2D eigenvalue weighted by Gasteiger charge is 2.37. The van der Waals surface area contributed by atoms with Gasteiger partial charge in [-0.15, -0.1) is 0 Å². The minimum absolute atomic E-state index is 0.101. The first-order valence-corrected chi connectivity index (χ1v) is 14.7. The monoisotopic (exact) mass is 558 g/mol. The Labute approximate surface area is 237 Å². The first-order valence-electron chi connectivity index (χ1n) is 14.7. The second-order valence-corrected chi connectivity index (χ2v) is 10.3. The van der Waals surface area contributed by atoms with Crippen molar-refractivity contribution in [1.29, 1.82) is 0 Å². The molecule has 3 aromatic rings. The Morgan fingerprint density at radius 1 is 0.800 bits per heavy atom. The van der Waals surface area contributed by atoms with Crippen LogP contribution in [-0.4, -0.2) is 37.6 Å². The predicted octanol–water partition coefficient (Wildman–Crippen LogP) is 8.75. The lowest BCUT2D eigenvalue weighted by Gasteiger charge is -2.29. The molecular formula is C33H44F4N3+. The number of anilines is 1. The number of aromatic nitrogens is 1. The molecule has 0 N–H and O–H groups in total. The maximum atomic E-state index is 15.4. The topological polar surface area (TPSA) is 10.4 Å². The van der Waals surface area contributed by atoms with Crippen LogP contribution in [0.25, 0.3) is 22.7 Å². The van der Waals surface area contributed by atoms with Crippen molar-refractivity contribution in [3.05, 3.63) is 71.5 Å². The van der Waals surface area contributed by atoms with Crippen LogP contribution in [0.15, 0.2) is 54.9 Å². The molecule has 3 nitrogen and oxygen atoms in total. The number of pyridine rings is 1. The molecule has 7 heteroatoms. The minimum atomic E-state index is -4.54. The van der Waals surface area contributed by atoms with E-state index in [1.165, 1.54) is 12.1 Å². The van der Waals surface area contributed by atoms with Crippen molar-refractivity contribution in [2.75, 3.05) is 37.6 Å². The van der Waals surface area contributed by atoms with E-state index in [4.69, 9.17) is 0 Å². The first-order chi connectivity index (χ1) is 19.2.